The highest BCUT2D eigenvalue weighted by Crippen LogP contribution is 2.70. The molecule has 0 aromatic rings. The number of Topliss-reactive ketones (excluding diaryl/α,β-unsaturated/α-hetero) is 1. The highest BCUT2D eigenvalue weighted by atomic mass is 16.4. The topological polar surface area (TPSA) is 74.6 Å². The van der Waals surface area contributed by atoms with E-state index in [9.17, 15) is 19.8 Å². The van der Waals surface area contributed by atoms with Gasteiger partial charge in [0, 0.05) is 11.8 Å². The normalized spacial score (nSPS) is 55.2. The quantitative estimate of drug-likeness (QED) is 0.779. The van der Waals surface area contributed by atoms with E-state index in [1.807, 2.05) is 6.92 Å². The van der Waals surface area contributed by atoms with Crippen molar-refractivity contribution in [3.05, 3.63) is 0 Å². The second-order valence-corrected chi connectivity index (χ2v) is 9.28. The molecule has 7 atom stereocenters. The van der Waals surface area contributed by atoms with E-state index in [0.29, 0.717) is 19.3 Å². The largest absolute Gasteiger partial charge is 0.481 e. The number of carboxylic acids is 1. The molecule has 4 rings (SSSR count). The Balaban J connectivity index is 1.80. The Morgan fingerprint density at radius 2 is 1.87 bits per heavy atom. The standard InChI is InChI=1S/C19H28O4/c1-17-6-3-7-18(2,16(22)23)14(17)8-15(21)19-9-11(12(20)10-19)4-5-13(17)19/h11-14,20H,3-10H2,1-2H3,(H,22,23)/t11-,12-,13+,14+,17+,18-,19-/m1/s1. The third-order valence-electron chi connectivity index (χ3n) is 8.44. The molecule has 4 nitrogen and oxygen atoms in total. The second kappa shape index (κ2) is 4.59. The van der Waals surface area contributed by atoms with Gasteiger partial charge in [0.25, 0.3) is 0 Å². The first-order valence-corrected chi connectivity index (χ1v) is 9.19. The predicted octanol–water partition coefficient (Wildman–Crippen LogP) is 3.02. The van der Waals surface area contributed by atoms with Crippen molar-refractivity contribution in [2.75, 3.05) is 0 Å². The molecule has 0 heterocycles. The van der Waals surface area contributed by atoms with Crippen LogP contribution in [0.5, 0.6) is 0 Å². The smallest absolute Gasteiger partial charge is 0.309 e. The molecule has 0 aromatic heterocycles. The fourth-order valence-corrected chi connectivity index (χ4v) is 7.28. The number of fused-ring (bicyclic) bond motifs is 3. The molecule has 0 radical (unpaired) electrons. The van der Waals surface area contributed by atoms with Crippen LogP contribution in [0.4, 0.5) is 0 Å². The average Bonchev–Trinajstić information content (AvgIpc) is 2.73. The van der Waals surface area contributed by atoms with Crippen LogP contribution in [0.3, 0.4) is 0 Å². The molecule has 4 aliphatic carbocycles. The van der Waals surface area contributed by atoms with Crippen molar-refractivity contribution >= 4 is 11.8 Å². The summed E-state index contributed by atoms with van der Waals surface area (Å²) < 4.78 is 0. The Hall–Kier alpha value is -0.900. The number of carbonyl (C=O) groups is 2. The molecule has 0 aromatic carbocycles. The van der Waals surface area contributed by atoms with Gasteiger partial charge in [-0.3, -0.25) is 9.59 Å². The van der Waals surface area contributed by atoms with Crippen molar-refractivity contribution in [2.24, 2.45) is 34.0 Å². The molecule has 2 N–H and O–H groups in total. The molecule has 4 aliphatic rings. The average molecular weight is 320 g/mol. The lowest BCUT2D eigenvalue weighted by Crippen LogP contribution is -2.61. The van der Waals surface area contributed by atoms with Crippen molar-refractivity contribution < 1.29 is 19.8 Å². The molecule has 4 fully saturated rings. The number of carboxylic acid groups (broad SMARTS) is 1. The molecular formula is C19H28O4. The summed E-state index contributed by atoms with van der Waals surface area (Å²) in [5, 5.41) is 20.2. The Bertz CT molecular complexity index is 568. The molecule has 0 aliphatic heterocycles. The lowest BCUT2D eigenvalue weighted by Gasteiger charge is -2.62. The van der Waals surface area contributed by atoms with Crippen LogP contribution in [-0.4, -0.2) is 28.1 Å². The number of aliphatic hydroxyl groups is 1. The number of carbonyl (C=O) groups excluding carboxylic acids is 1. The predicted molar refractivity (Wildman–Crippen MR) is 84.7 cm³/mol. The molecule has 128 valence electrons. The van der Waals surface area contributed by atoms with Gasteiger partial charge in [-0.25, -0.2) is 0 Å². The lowest BCUT2D eigenvalue weighted by atomic mass is 9.40. The molecular weight excluding hydrogens is 292 g/mol. The number of rotatable bonds is 1. The van der Waals surface area contributed by atoms with E-state index in [2.05, 4.69) is 6.92 Å². The Labute approximate surface area is 137 Å². The Kier molecular flexibility index (Phi) is 3.12. The third kappa shape index (κ3) is 1.76. The van der Waals surface area contributed by atoms with Crippen LogP contribution in [0.2, 0.25) is 0 Å². The first-order chi connectivity index (χ1) is 10.7. The summed E-state index contributed by atoms with van der Waals surface area (Å²) >= 11 is 0. The highest BCUT2D eigenvalue weighted by molar-refractivity contribution is 5.88. The molecule has 2 bridgehead atoms. The summed E-state index contributed by atoms with van der Waals surface area (Å²) in [5.74, 6) is -0.00462. The zero-order chi connectivity index (χ0) is 16.6. The third-order valence-corrected chi connectivity index (χ3v) is 8.44. The minimum absolute atomic E-state index is 0.0568. The van der Waals surface area contributed by atoms with Crippen LogP contribution < -0.4 is 0 Å². The van der Waals surface area contributed by atoms with E-state index in [4.69, 9.17) is 0 Å². The van der Waals surface area contributed by atoms with Gasteiger partial charge in [0.1, 0.15) is 5.78 Å². The fourth-order valence-electron chi connectivity index (χ4n) is 7.28. The number of hydrogen-bond donors (Lipinski definition) is 2. The number of ketones is 1. The van der Waals surface area contributed by atoms with Crippen molar-refractivity contribution in [1.29, 1.82) is 0 Å². The van der Waals surface area contributed by atoms with Gasteiger partial charge in [-0.1, -0.05) is 13.3 Å². The van der Waals surface area contributed by atoms with Crippen LogP contribution in [0, 0.1) is 34.0 Å². The molecule has 0 saturated heterocycles. The molecule has 4 saturated carbocycles. The van der Waals surface area contributed by atoms with E-state index in [1.54, 1.807) is 0 Å². The van der Waals surface area contributed by atoms with Crippen molar-refractivity contribution in [2.45, 2.75) is 71.3 Å². The van der Waals surface area contributed by atoms with Crippen molar-refractivity contribution in [3.8, 4) is 0 Å². The van der Waals surface area contributed by atoms with Gasteiger partial charge < -0.3 is 10.2 Å². The van der Waals surface area contributed by atoms with Crippen LogP contribution in [0.15, 0.2) is 0 Å². The zero-order valence-electron chi connectivity index (χ0n) is 14.2. The summed E-state index contributed by atoms with van der Waals surface area (Å²) in [6.45, 7) is 4.11. The van der Waals surface area contributed by atoms with E-state index in [0.717, 1.165) is 32.1 Å². The molecule has 4 heteroatoms. The fraction of sp³-hybridized carbons (Fsp3) is 0.895. The zero-order valence-corrected chi connectivity index (χ0v) is 14.2. The van der Waals surface area contributed by atoms with E-state index in [1.165, 1.54) is 0 Å². The monoisotopic (exact) mass is 320 g/mol. The number of aliphatic hydroxyl groups excluding tert-OH is 1. The molecule has 0 unspecified atom stereocenters. The Morgan fingerprint density at radius 3 is 2.57 bits per heavy atom. The van der Waals surface area contributed by atoms with Crippen LogP contribution in [-0.2, 0) is 9.59 Å². The van der Waals surface area contributed by atoms with Crippen LogP contribution in [0.25, 0.3) is 0 Å². The molecule has 0 amide bonds. The summed E-state index contributed by atoms with van der Waals surface area (Å²) in [5.41, 5.74) is -1.21. The summed E-state index contributed by atoms with van der Waals surface area (Å²) in [6.07, 6.45) is 6.14. The summed E-state index contributed by atoms with van der Waals surface area (Å²) in [6, 6.07) is 0. The van der Waals surface area contributed by atoms with E-state index >= 15 is 0 Å². The van der Waals surface area contributed by atoms with Gasteiger partial charge >= 0.3 is 5.97 Å². The maximum Gasteiger partial charge on any atom is 0.309 e. The van der Waals surface area contributed by atoms with Gasteiger partial charge in [0.2, 0.25) is 0 Å². The Morgan fingerprint density at radius 1 is 1.13 bits per heavy atom. The summed E-state index contributed by atoms with van der Waals surface area (Å²) in [4.78, 5) is 25.2. The van der Waals surface area contributed by atoms with E-state index in [-0.39, 0.29) is 40.5 Å². The van der Waals surface area contributed by atoms with Gasteiger partial charge in [-0.15, -0.1) is 0 Å². The summed E-state index contributed by atoms with van der Waals surface area (Å²) in [7, 11) is 0. The highest BCUT2D eigenvalue weighted by Gasteiger charge is 2.68. The van der Waals surface area contributed by atoms with Crippen molar-refractivity contribution in [3.63, 3.8) is 0 Å². The van der Waals surface area contributed by atoms with Gasteiger partial charge in [0.15, 0.2) is 0 Å². The van der Waals surface area contributed by atoms with Crippen LogP contribution in [0.1, 0.15) is 65.2 Å². The van der Waals surface area contributed by atoms with Crippen LogP contribution >= 0.6 is 0 Å². The van der Waals surface area contributed by atoms with Crippen molar-refractivity contribution in [1.82, 2.24) is 0 Å². The van der Waals surface area contributed by atoms with Gasteiger partial charge in [-0.2, -0.15) is 0 Å². The number of hydrogen-bond acceptors (Lipinski definition) is 3. The SMILES string of the molecule is C[C@@]12CCC[C@@](C)(C(=O)O)[C@H]1CC(=O)[C@@]13C[C@@H](CC[C@H]12)[C@H](O)C3. The first-order valence-electron chi connectivity index (χ1n) is 9.19. The van der Waals surface area contributed by atoms with E-state index < -0.39 is 11.4 Å². The second-order valence-electron chi connectivity index (χ2n) is 9.28. The maximum atomic E-state index is 13.2. The molecule has 23 heavy (non-hydrogen) atoms. The number of aliphatic carboxylic acids is 1. The van der Waals surface area contributed by atoms with Gasteiger partial charge in [-0.05, 0) is 68.6 Å². The minimum Gasteiger partial charge on any atom is -0.481 e. The maximum absolute atomic E-state index is 13.2. The molecule has 1 spiro atoms. The lowest BCUT2D eigenvalue weighted by molar-refractivity contribution is -0.184. The first kappa shape index (κ1) is 15.6. The van der Waals surface area contributed by atoms with Gasteiger partial charge in [0.05, 0.1) is 11.5 Å². The minimum atomic E-state index is -0.779.